The molecule has 0 spiro atoms. The summed E-state index contributed by atoms with van der Waals surface area (Å²) in [6.45, 7) is 1.97. The van der Waals surface area contributed by atoms with E-state index >= 15 is 0 Å². The Balaban J connectivity index is 1.91. The Kier molecular flexibility index (Phi) is 2.80. The van der Waals surface area contributed by atoms with Crippen molar-refractivity contribution in [3.8, 4) is 5.75 Å². The van der Waals surface area contributed by atoms with Crippen molar-refractivity contribution in [1.82, 2.24) is 4.90 Å². The second-order valence-electron chi connectivity index (χ2n) is 4.79. The van der Waals surface area contributed by atoms with Gasteiger partial charge in [0, 0.05) is 13.1 Å². The summed E-state index contributed by atoms with van der Waals surface area (Å²) in [4.78, 5) is 14.3. The van der Waals surface area contributed by atoms with Crippen LogP contribution in [-0.2, 0) is 4.79 Å². The number of nitrogens with one attached hydrogen (secondary N) is 1. The molecule has 1 aromatic rings. The molecular formula is C14H16N2O2. The number of carbonyl (C=O) groups is 1. The number of hydrogen-bond donors (Lipinski definition) is 1. The molecule has 0 radical (unpaired) electrons. The number of likely N-dealkylation sites (tertiary alicyclic amines) is 1. The number of piperidine rings is 1. The minimum atomic E-state index is -0.117. The number of carbonyl (C=O) groups excluding carboxylic acids is 1. The molecule has 1 N–H and O–H groups in total. The highest BCUT2D eigenvalue weighted by Gasteiger charge is 2.26. The number of nitrogens with zero attached hydrogens (tertiary/aromatic N) is 1. The molecule has 0 saturated carbocycles. The first kappa shape index (κ1) is 11.3. The van der Waals surface area contributed by atoms with Gasteiger partial charge in [-0.15, -0.1) is 0 Å². The molecule has 0 bridgehead atoms. The van der Waals surface area contributed by atoms with Gasteiger partial charge in [0.25, 0.3) is 5.91 Å². The molecule has 2 aliphatic heterocycles. The van der Waals surface area contributed by atoms with Crippen molar-refractivity contribution in [2.45, 2.75) is 12.8 Å². The Morgan fingerprint density at radius 3 is 2.72 bits per heavy atom. The average molecular weight is 244 g/mol. The molecule has 1 fully saturated rings. The molecule has 0 atom stereocenters. The summed E-state index contributed by atoms with van der Waals surface area (Å²) >= 11 is 0. The number of ether oxygens (including phenoxy) is 1. The number of anilines is 1. The fourth-order valence-electron chi connectivity index (χ4n) is 2.34. The lowest BCUT2D eigenvalue weighted by molar-refractivity contribution is -0.115. The van der Waals surface area contributed by atoms with Crippen LogP contribution in [0.25, 0.3) is 0 Å². The van der Waals surface area contributed by atoms with Gasteiger partial charge in [-0.2, -0.15) is 0 Å². The van der Waals surface area contributed by atoms with Crippen molar-refractivity contribution < 1.29 is 9.53 Å². The lowest BCUT2D eigenvalue weighted by atomic mass is 10.0. The van der Waals surface area contributed by atoms with Crippen LogP contribution in [0.1, 0.15) is 12.8 Å². The van der Waals surface area contributed by atoms with E-state index in [1.165, 1.54) is 0 Å². The standard InChI is InChI=1S/C14H16N2O2/c1-16-8-6-10(7-9-16)13-14(17)15-11-4-2-3-5-12(11)18-13/h2-5H,6-9H2,1H3,(H,15,17). The lowest BCUT2D eigenvalue weighted by Crippen LogP contribution is -2.31. The van der Waals surface area contributed by atoms with Crippen LogP contribution in [0.4, 0.5) is 5.69 Å². The fourth-order valence-corrected chi connectivity index (χ4v) is 2.34. The van der Waals surface area contributed by atoms with Gasteiger partial charge in [-0.3, -0.25) is 4.79 Å². The van der Waals surface area contributed by atoms with Crippen LogP contribution < -0.4 is 10.1 Å². The maximum atomic E-state index is 12.0. The lowest BCUT2D eigenvalue weighted by Gasteiger charge is -2.28. The van der Waals surface area contributed by atoms with Gasteiger partial charge in [0.2, 0.25) is 0 Å². The summed E-state index contributed by atoms with van der Waals surface area (Å²) in [6.07, 6.45) is 1.81. The number of benzene rings is 1. The van der Waals surface area contributed by atoms with Gasteiger partial charge in [0.1, 0.15) is 0 Å². The van der Waals surface area contributed by atoms with Crippen LogP contribution in [0.15, 0.2) is 35.6 Å². The largest absolute Gasteiger partial charge is 0.449 e. The Morgan fingerprint density at radius 1 is 1.22 bits per heavy atom. The normalized spacial score (nSPS) is 20.2. The summed E-state index contributed by atoms with van der Waals surface area (Å²) in [6, 6.07) is 7.52. The first-order chi connectivity index (χ1) is 8.74. The number of fused-ring (bicyclic) bond motifs is 1. The zero-order valence-electron chi connectivity index (χ0n) is 10.4. The first-order valence-electron chi connectivity index (χ1n) is 6.23. The van der Waals surface area contributed by atoms with E-state index < -0.39 is 0 Å². The molecule has 4 nitrogen and oxygen atoms in total. The quantitative estimate of drug-likeness (QED) is 0.710. The second kappa shape index (κ2) is 4.46. The molecular weight excluding hydrogens is 228 g/mol. The minimum Gasteiger partial charge on any atom is -0.449 e. The van der Waals surface area contributed by atoms with Crippen LogP contribution in [0.5, 0.6) is 5.75 Å². The van der Waals surface area contributed by atoms with E-state index in [1.807, 2.05) is 24.3 Å². The van der Waals surface area contributed by atoms with E-state index in [-0.39, 0.29) is 5.91 Å². The second-order valence-corrected chi connectivity index (χ2v) is 4.79. The van der Waals surface area contributed by atoms with Crippen LogP contribution in [0.3, 0.4) is 0 Å². The Bertz CT molecular complexity index is 512. The molecule has 0 aromatic heterocycles. The minimum absolute atomic E-state index is 0.117. The molecule has 94 valence electrons. The SMILES string of the molecule is CN1CCC(=C2Oc3ccccc3NC2=O)CC1. The van der Waals surface area contributed by atoms with Crippen LogP contribution >= 0.6 is 0 Å². The van der Waals surface area contributed by atoms with Gasteiger partial charge in [-0.1, -0.05) is 12.1 Å². The Morgan fingerprint density at radius 2 is 1.94 bits per heavy atom. The van der Waals surface area contributed by atoms with Crippen molar-refractivity contribution in [3.63, 3.8) is 0 Å². The van der Waals surface area contributed by atoms with Crippen LogP contribution in [0.2, 0.25) is 0 Å². The van der Waals surface area contributed by atoms with E-state index in [4.69, 9.17) is 4.74 Å². The molecule has 0 aliphatic carbocycles. The summed E-state index contributed by atoms with van der Waals surface area (Å²) in [5, 5.41) is 2.88. The molecule has 18 heavy (non-hydrogen) atoms. The predicted octanol–water partition coefficient (Wildman–Crippen LogP) is 2.00. The molecule has 3 rings (SSSR count). The molecule has 2 heterocycles. The third-order valence-corrected chi connectivity index (χ3v) is 3.47. The molecule has 2 aliphatic rings. The predicted molar refractivity (Wildman–Crippen MR) is 69.5 cm³/mol. The third-order valence-electron chi connectivity index (χ3n) is 3.47. The average Bonchev–Trinajstić information content (AvgIpc) is 2.39. The highest BCUT2D eigenvalue weighted by atomic mass is 16.5. The van der Waals surface area contributed by atoms with E-state index in [0.29, 0.717) is 5.76 Å². The Labute approximate surface area is 106 Å². The topological polar surface area (TPSA) is 41.6 Å². The Hall–Kier alpha value is -1.81. The molecule has 1 amide bonds. The summed E-state index contributed by atoms with van der Waals surface area (Å²) < 4.78 is 5.77. The number of rotatable bonds is 0. The zero-order chi connectivity index (χ0) is 12.5. The summed E-state index contributed by atoms with van der Waals surface area (Å²) in [5.41, 5.74) is 1.87. The molecule has 1 saturated heterocycles. The van der Waals surface area contributed by atoms with E-state index in [0.717, 1.165) is 42.9 Å². The van der Waals surface area contributed by atoms with Gasteiger partial charge >= 0.3 is 0 Å². The highest BCUT2D eigenvalue weighted by molar-refractivity contribution is 6.05. The van der Waals surface area contributed by atoms with Crippen LogP contribution in [0, 0.1) is 0 Å². The van der Waals surface area contributed by atoms with Crippen molar-refractivity contribution in [1.29, 1.82) is 0 Å². The van der Waals surface area contributed by atoms with Gasteiger partial charge in [-0.05, 0) is 37.6 Å². The zero-order valence-corrected chi connectivity index (χ0v) is 10.4. The maximum absolute atomic E-state index is 12.0. The molecule has 4 heteroatoms. The maximum Gasteiger partial charge on any atom is 0.291 e. The number of amides is 1. The number of para-hydroxylation sites is 2. The van der Waals surface area contributed by atoms with Gasteiger partial charge in [-0.25, -0.2) is 0 Å². The smallest absolute Gasteiger partial charge is 0.291 e. The van der Waals surface area contributed by atoms with Crippen molar-refractivity contribution in [3.05, 3.63) is 35.6 Å². The fraction of sp³-hybridized carbons (Fsp3) is 0.357. The van der Waals surface area contributed by atoms with Gasteiger partial charge < -0.3 is 15.0 Å². The van der Waals surface area contributed by atoms with E-state index in [9.17, 15) is 4.79 Å². The monoisotopic (exact) mass is 244 g/mol. The molecule has 0 unspecified atom stereocenters. The first-order valence-corrected chi connectivity index (χ1v) is 6.23. The van der Waals surface area contributed by atoms with Crippen molar-refractivity contribution in [2.24, 2.45) is 0 Å². The van der Waals surface area contributed by atoms with Crippen molar-refractivity contribution in [2.75, 3.05) is 25.5 Å². The van der Waals surface area contributed by atoms with Gasteiger partial charge in [0.15, 0.2) is 11.5 Å². The van der Waals surface area contributed by atoms with Gasteiger partial charge in [0.05, 0.1) is 5.69 Å². The number of hydrogen-bond acceptors (Lipinski definition) is 3. The summed E-state index contributed by atoms with van der Waals surface area (Å²) in [7, 11) is 2.10. The van der Waals surface area contributed by atoms with E-state index in [1.54, 1.807) is 0 Å². The van der Waals surface area contributed by atoms with Crippen molar-refractivity contribution >= 4 is 11.6 Å². The van der Waals surface area contributed by atoms with E-state index in [2.05, 4.69) is 17.3 Å². The summed E-state index contributed by atoms with van der Waals surface area (Å²) in [5.74, 6) is 1.12. The molecule has 1 aromatic carbocycles. The highest BCUT2D eigenvalue weighted by Crippen LogP contribution is 2.32. The third kappa shape index (κ3) is 1.99. The van der Waals surface area contributed by atoms with Crippen LogP contribution in [-0.4, -0.2) is 30.9 Å².